The standard InChI is InChI=1S/C15H21N5OS.ClH/c1-10(16)13-7-2-3-8-20(13)9-14(21)17-11-5-4-6-12-15(11)19-22-18-12;/h4-6,10,13H,2-3,7-9,16H2,1H3,(H,17,21);1H. The predicted octanol–water partition coefficient (Wildman–Crippen LogP) is 2.98. The average molecular weight is 356 g/mol. The first-order valence-corrected chi connectivity index (χ1v) is 8.39. The second kappa shape index (κ2) is 8.01. The zero-order chi connectivity index (χ0) is 15.5. The number of rotatable bonds is 4. The zero-order valence-corrected chi connectivity index (χ0v) is 14.7. The van der Waals surface area contributed by atoms with E-state index in [9.17, 15) is 4.79 Å². The SMILES string of the molecule is CC(N)C1CCCCN1CC(=O)Nc1cccc2c1N=S=N2.Cl. The van der Waals surface area contributed by atoms with Gasteiger partial charge in [-0.2, -0.15) is 8.73 Å². The summed E-state index contributed by atoms with van der Waals surface area (Å²) in [6.45, 7) is 3.32. The van der Waals surface area contributed by atoms with Gasteiger partial charge >= 0.3 is 0 Å². The molecule has 2 aliphatic rings. The number of hydrogen-bond acceptors (Lipinski definition) is 5. The number of hydrogen-bond donors (Lipinski definition) is 2. The van der Waals surface area contributed by atoms with Crippen molar-refractivity contribution in [2.24, 2.45) is 14.5 Å². The van der Waals surface area contributed by atoms with Crippen molar-refractivity contribution < 1.29 is 4.79 Å². The molecule has 1 aromatic carbocycles. The number of carbonyl (C=O) groups is 1. The molecule has 2 atom stereocenters. The van der Waals surface area contributed by atoms with Crippen LogP contribution in [0.15, 0.2) is 26.9 Å². The van der Waals surface area contributed by atoms with Crippen LogP contribution in [-0.2, 0) is 16.1 Å². The Kier molecular flexibility index (Phi) is 6.29. The minimum absolute atomic E-state index is 0. The van der Waals surface area contributed by atoms with Crippen molar-refractivity contribution in [3.63, 3.8) is 0 Å². The van der Waals surface area contributed by atoms with Crippen LogP contribution in [0.1, 0.15) is 26.2 Å². The highest BCUT2D eigenvalue weighted by atomic mass is 35.5. The molecule has 2 unspecified atom stereocenters. The molecule has 0 aromatic heterocycles. The van der Waals surface area contributed by atoms with E-state index < -0.39 is 0 Å². The molecule has 2 aliphatic heterocycles. The molecule has 23 heavy (non-hydrogen) atoms. The third kappa shape index (κ3) is 4.17. The fourth-order valence-corrected chi connectivity index (χ4v) is 3.64. The van der Waals surface area contributed by atoms with Crippen LogP contribution in [0, 0.1) is 0 Å². The van der Waals surface area contributed by atoms with Crippen LogP contribution in [0.4, 0.5) is 17.1 Å². The number of anilines is 1. The highest BCUT2D eigenvalue weighted by Crippen LogP contribution is 2.38. The Labute approximate surface area is 146 Å². The van der Waals surface area contributed by atoms with Crippen molar-refractivity contribution in [2.75, 3.05) is 18.4 Å². The van der Waals surface area contributed by atoms with Crippen molar-refractivity contribution in [1.82, 2.24) is 4.90 Å². The van der Waals surface area contributed by atoms with Gasteiger partial charge in [0.25, 0.3) is 0 Å². The summed E-state index contributed by atoms with van der Waals surface area (Å²) in [5, 5.41) is 2.96. The van der Waals surface area contributed by atoms with Gasteiger partial charge in [-0.05, 0) is 38.4 Å². The first-order chi connectivity index (χ1) is 10.6. The van der Waals surface area contributed by atoms with Crippen LogP contribution < -0.4 is 11.1 Å². The fraction of sp³-hybridized carbons (Fsp3) is 0.533. The van der Waals surface area contributed by atoms with Crippen molar-refractivity contribution in [3.05, 3.63) is 18.2 Å². The summed E-state index contributed by atoms with van der Waals surface area (Å²) in [6, 6.07) is 6.01. The maximum atomic E-state index is 12.4. The van der Waals surface area contributed by atoms with Gasteiger partial charge in [0.1, 0.15) is 11.4 Å². The van der Waals surface area contributed by atoms with Gasteiger partial charge in [-0.1, -0.05) is 12.5 Å². The second-order valence-electron chi connectivity index (χ2n) is 5.88. The molecule has 0 radical (unpaired) electrons. The molecule has 3 rings (SSSR count). The first-order valence-electron chi connectivity index (χ1n) is 7.66. The third-order valence-electron chi connectivity index (χ3n) is 4.18. The summed E-state index contributed by atoms with van der Waals surface area (Å²) >= 11 is 1.16. The second-order valence-corrected chi connectivity index (χ2v) is 6.41. The van der Waals surface area contributed by atoms with Gasteiger partial charge in [-0.25, -0.2) is 0 Å². The molecule has 3 N–H and O–H groups in total. The Bertz CT molecular complexity index is 645. The molecule has 8 heteroatoms. The molecular weight excluding hydrogens is 334 g/mol. The van der Waals surface area contributed by atoms with Crippen LogP contribution in [0.25, 0.3) is 0 Å². The Morgan fingerprint density at radius 2 is 2.30 bits per heavy atom. The van der Waals surface area contributed by atoms with Gasteiger partial charge in [0.2, 0.25) is 5.91 Å². The monoisotopic (exact) mass is 355 g/mol. The van der Waals surface area contributed by atoms with Crippen LogP contribution in [0.5, 0.6) is 0 Å². The Morgan fingerprint density at radius 3 is 3.09 bits per heavy atom. The number of nitrogens with zero attached hydrogens (tertiary/aromatic N) is 3. The highest BCUT2D eigenvalue weighted by Gasteiger charge is 2.27. The minimum atomic E-state index is -0.0203. The number of amides is 1. The molecule has 126 valence electrons. The molecule has 1 amide bonds. The van der Waals surface area contributed by atoms with E-state index in [-0.39, 0.29) is 30.4 Å². The minimum Gasteiger partial charge on any atom is -0.327 e. The van der Waals surface area contributed by atoms with E-state index in [0.29, 0.717) is 6.54 Å². The fourth-order valence-electron chi connectivity index (χ4n) is 3.09. The van der Waals surface area contributed by atoms with E-state index in [1.54, 1.807) is 0 Å². The molecule has 2 heterocycles. The Balaban J connectivity index is 0.00000192. The van der Waals surface area contributed by atoms with Gasteiger partial charge in [0.05, 0.1) is 23.6 Å². The number of nitrogens with two attached hydrogens (primary N) is 1. The molecule has 1 aromatic rings. The molecule has 1 saturated heterocycles. The van der Waals surface area contributed by atoms with Crippen LogP contribution in [0.3, 0.4) is 0 Å². The number of likely N-dealkylation sites (tertiary alicyclic amines) is 1. The number of carbonyl (C=O) groups excluding carboxylic acids is 1. The Morgan fingerprint density at radius 1 is 1.48 bits per heavy atom. The quantitative estimate of drug-likeness (QED) is 0.884. The normalized spacial score (nSPS) is 21.0. The third-order valence-corrected chi connectivity index (χ3v) is 4.72. The molecule has 1 fully saturated rings. The van der Waals surface area contributed by atoms with Gasteiger partial charge in [0.15, 0.2) is 0 Å². The topological polar surface area (TPSA) is 83.1 Å². The van der Waals surface area contributed by atoms with Gasteiger partial charge < -0.3 is 11.1 Å². The molecule has 0 bridgehead atoms. The maximum absolute atomic E-state index is 12.4. The number of benzene rings is 1. The summed E-state index contributed by atoms with van der Waals surface area (Å²) < 4.78 is 8.43. The van der Waals surface area contributed by atoms with E-state index in [4.69, 9.17) is 5.73 Å². The largest absolute Gasteiger partial charge is 0.327 e. The maximum Gasteiger partial charge on any atom is 0.238 e. The number of piperidine rings is 1. The van der Waals surface area contributed by atoms with E-state index in [1.807, 2.05) is 25.1 Å². The zero-order valence-electron chi connectivity index (χ0n) is 13.1. The van der Waals surface area contributed by atoms with Gasteiger partial charge in [0, 0.05) is 12.1 Å². The summed E-state index contributed by atoms with van der Waals surface area (Å²) in [6.07, 6.45) is 3.38. The van der Waals surface area contributed by atoms with Gasteiger partial charge in [-0.15, -0.1) is 12.4 Å². The van der Waals surface area contributed by atoms with E-state index in [2.05, 4.69) is 18.9 Å². The van der Waals surface area contributed by atoms with E-state index >= 15 is 0 Å². The van der Waals surface area contributed by atoms with Crippen molar-refractivity contribution in [1.29, 1.82) is 0 Å². The lowest BCUT2D eigenvalue weighted by Crippen LogP contribution is -2.51. The first kappa shape index (κ1) is 18.1. The smallest absolute Gasteiger partial charge is 0.238 e. The molecule has 0 saturated carbocycles. The summed E-state index contributed by atoms with van der Waals surface area (Å²) in [5.74, 6) is -0.0203. The van der Waals surface area contributed by atoms with Crippen LogP contribution in [0.2, 0.25) is 0 Å². The Hall–Kier alpha value is -1.28. The summed E-state index contributed by atoms with van der Waals surface area (Å²) in [7, 11) is 0. The van der Waals surface area contributed by atoms with Crippen LogP contribution >= 0.6 is 12.4 Å². The van der Waals surface area contributed by atoms with Crippen molar-refractivity contribution >= 4 is 46.7 Å². The molecule has 0 aliphatic carbocycles. The predicted molar refractivity (Wildman–Crippen MR) is 96.7 cm³/mol. The van der Waals surface area contributed by atoms with E-state index in [1.165, 1.54) is 6.42 Å². The van der Waals surface area contributed by atoms with Gasteiger partial charge in [-0.3, -0.25) is 9.69 Å². The number of fused-ring (bicyclic) bond motifs is 1. The van der Waals surface area contributed by atoms with Crippen LogP contribution in [-0.4, -0.2) is 36.0 Å². The molecule has 0 spiro atoms. The number of nitrogens with one attached hydrogen (secondary N) is 1. The summed E-state index contributed by atoms with van der Waals surface area (Å²) in [5.41, 5.74) is 8.35. The molecular formula is C15H22ClN5OS. The highest BCUT2D eigenvalue weighted by molar-refractivity contribution is 7.58. The summed E-state index contributed by atoms with van der Waals surface area (Å²) in [4.78, 5) is 14.6. The lowest BCUT2D eigenvalue weighted by molar-refractivity contribution is -0.118. The number of halogens is 1. The molecule has 6 nitrogen and oxygen atoms in total. The van der Waals surface area contributed by atoms with Crippen molar-refractivity contribution in [3.8, 4) is 0 Å². The lowest BCUT2D eigenvalue weighted by atomic mass is 9.97. The van der Waals surface area contributed by atoms with E-state index in [0.717, 1.165) is 47.8 Å². The average Bonchev–Trinajstić information content (AvgIpc) is 2.97. The van der Waals surface area contributed by atoms with Crippen molar-refractivity contribution in [2.45, 2.75) is 38.3 Å². The lowest BCUT2D eigenvalue weighted by Gasteiger charge is -2.37.